The Morgan fingerprint density at radius 3 is 1.51 bits per heavy atom. The Hall–Kier alpha value is -6.58. The fraction of sp³-hybridized carbons (Fsp3) is 0. The molecule has 7 aromatic carbocycles. The van der Waals surface area contributed by atoms with Crippen molar-refractivity contribution in [2.24, 2.45) is 0 Å². The summed E-state index contributed by atoms with van der Waals surface area (Å²) in [5, 5.41) is 0. The lowest BCUT2D eigenvalue weighted by atomic mass is 9.91. The van der Waals surface area contributed by atoms with Crippen molar-refractivity contribution in [2.75, 3.05) is 4.90 Å². The van der Waals surface area contributed by atoms with E-state index in [1.807, 2.05) is 6.07 Å². The summed E-state index contributed by atoms with van der Waals surface area (Å²) in [6.45, 7) is 0. The average molecular weight is 626 g/mol. The molecule has 0 saturated heterocycles. The second-order valence-corrected chi connectivity index (χ2v) is 12.3. The Morgan fingerprint density at radius 2 is 0.796 bits per heavy atom. The molecule has 1 aliphatic rings. The van der Waals surface area contributed by atoms with Crippen molar-refractivity contribution in [1.82, 2.24) is 9.97 Å². The minimum atomic E-state index is 0.697. The maximum absolute atomic E-state index is 5.23. The lowest BCUT2D eigenvalue weighted by molar-refractivity contribution is 1.18. The monoisotopic (exact) mass is 625 g/mol. The highest BCUT2D eigenvalue weighted by Crippen LogP contribution is 2.42. The van der Waals surface area contributed by atoms with Crippen LogP contribution in [0.1, 0.15) is 0 Å². The van der Waals surface area contributed by atoms with Gasteiger partial charge in [0.1, 0.15) is 0 Å². The Labute approximate surface area is 286 Å². The van der Waals surface area contributed by atoms with Crippen molar-refractivity contribution in [3.8, 4) is 67.3 Å². The summed E-state index contributed by atoms with van der Waals surface area (Å²) in [4.78, 5) is 12.7. The van der Waals surface area contributed by atoms with Crippen LogP contribution in [0.25, 0.3) is 67.3 Å². The van der Waals surface area contributed by atoms with Crippen LogP contribution >= 0.6 is 0 Å². The SMILES string of the molecule is c1ccc(-c2cc3nc(n2)-c2cccc(c2)-c2cccc(c2)N(c2ccccc2)c2cccc(c2)-c2cc-3ccc2-c2ccccc2)cc1. The van der Waals surface area contributed by atoms with Crippen LogP contribution in [0.3, 0.4) is 0 Å². The lowest BCUT2D eigenvalue weighted by Gasteiger charge is -2.27. The number of hydrogen-bond donors (Lipinski definition) is 0. The molecule has 3 heteroatoms. The number of fused-ring (bicyclic) bond motifs is 14. The van der Waals surface area contributed by atoms with Gasteiger partial charge in [-0.2, -0.15) is 0 Å². The smallest absolute Gasteiger partial charge is 0.160 e. The van der Waals surface area contributed by atoms with Crippen molar-refractivity contribution in [3.63, 3.8) is 0 Å². The van der Waals surface area contributed by atoms with Crippen LogP contribution in [0.4, 0.5) is 17.1 Å². The molecular formula is C46H31N3. The fourth-order valence-corrected chi connectivity index (χ4v) is 6.79. The molecule has 9 rings (SSSR count). The molecule has 0 fully saturated rings. The van der Waals surface area contributed by atoms with Gasteiger partial charge < -0.3 is 4.90 Å². The van der Waals surface area contributed by atoms with Crippen molar-refractivity contribution in [2.45, 2.75) is 0 Å². The minimum absolute atomic E-state index is 0.697. The molecule has 1 aromatic heterocycles. The average Bonchev–Trinajstić information content (AvgIpc) is 3.19. The molecule has 8 aromatic rings. The molecule has 0 saturated carbocycles. The zero-order valence-electron chi connectivity index (χ0n) is 26.7. The Morgan fingerprint density at radius 1 is 0.286 bits per heavy atom. The second-order valence-electron chi connectivity index (χ2n) is 12.3. The van der Waals surface area contributed by atoms with E-state index in [4.69, 9.17) is 9.97 Å². The van der Waals surface area contributed by atoms with E-state index in [1.54, 1.807) is 0 Å². The van der Waals surface area contributed by atoms with Crippen molar-refractivity contribution in [1.29, 1.82) is 0 Å². The number of aromatic nitrogens is 2. The first-order chi connectivity index (χ1) is 24.3. The Kier molecular flexibility index (Phi) is 7.14. The summed E-state index contributed by atoms with van der Waals surface area (Å²) in [6.07, 6.45) is 0. The number of nitrogens with zero attached hydrogens (tertiary/aromatic N) is 3. The number of anilines is 3. The predicted octanol–water partition coefficient (Wildman–Crippen LogP) is 12.3. The molecule has 0 aliphatic carbocycles. The Balaban J connectivity index is 1.36. The number of para-hydroxylation sites is 1. The third kappa shape index (κ3) is 5.48. The topological polar surface area (TPSA) is 29.0 Å². The molecule has 0 atom stereocenters. The first-order valence-corrected chi connectivity index (χ1v) is 16.6. The molecule has 0 amide bonds. The summed E-state index contributed by atoms with van der Waals surface area (Å²) >= 11 is 0. The maximum atomic E-state index is 5.23. The highest BCUT2D eigenvalue weighted by Gasteiger charge is 2.18. The van der Waals surface area contributed by atoms with E-state index in [2.05, 4.69) is 187 Å². The molecule has 3 nitrogen and oxygen atoms in total. The molecule has 0 spiro atoms. The zero-order valence-corrected chi connectivity index (χ0v) is 26.7. The summed E-state index contributed by atoms with van der Waals surface area (Å²) in [7, 11) is 0. The first kappa shape index (κ1) is 28.6. The summed E-state index contributed by atoms with van der Waals surface area (Å²) in [5.41, 5.74) is 14.9. The highest BCUT2D eigenvalue weighted by molar-refractivity contribution is 5.90. The van der Waals surface area contributed by atoms with Crippen LogP contribution in [0.5, 0.6) is 0 Å². The van der Waals surface area contributed by atoms with Gasteiger partial charge in [-0.3, -0.25) is 0 Å². The lowest BCUT2D eigenvalue weighted by Crippen LogP contribution is -2.10. The van der Waals surface area contributed by atoms with Gasteiger partial charge in [-0.15, -0.1) is 0 Å². The number of benzene rings is 7. The van der Waals surface area contributed by atoms with E-state index < -0.39 is 0 Å². The van der Waals surface area contributed by atoms with Crippen molar-refractivity contribution in [3.05, 3.63) is 188 Å². The van der Waals surface area contributed by atoms with E-state index >= 15 is 0 Å². The predicted molar refractivity (Wildman–Crippen MR) is 203 cm³/mol. The van der Waals surface area contributed by atoms with Crippen LogP contribution < -0.4 is 4.90 Å². The second kappa shape index (κ2) is 12.2. The number of rotatable bonds is 3. The van der Waals surface area contributed by atoms with Crippen LogP contribution in [-0.2, 0) is 0 Å². The van der Waals surface area contributed by atoms with Crippen LogP contribution in [-0.4, -0.2) is 9.97 Å². The quantitative estimate of drug-likeness (QED) is 0.196. The van der Waals surface area contributed by atoms with Gasteiger partial charge >= 0.3 is 0 Å². The number of hydrogen-bond acceptors (Lipinski definition) is 3. The molecule has 10 bridgehead atoms. The van der Waals surface area contributed by atoms with E-state index in [9.17, 15) is 0 Å². The van der Waals surface area contributed by atoms with E-state index in [1.165, 1.54) is 11.1 Å². The maximum Gasteiger partial charge on any atom is 0.160 e. The molecule has 1 aliphatic heterocycles. The highest BCUT2D eigenvalue weighted by atomic mass is 15.1. The third-order valence-corrected chi connectivity index (χ3v) is 9.18. The molecule has 0 N–H and O–H groups in total. The zero-order chi connectivity index (χ0) is 32.6. The minimum Gasteiger partial charge on any atom is -0.310 e. The van der Waals surface area contributed by atoms with Gasteiger partial charge in [0.05, 0.1) is 11.4 Å². The van der Waals surface area contributed by atoms with E-state index in [0.29, 0.717) is 5.82 Å². The summed E-state index contributed by atoms with van der Waals surface area (Å²) < 4.78 is 0. The summed E-state index contributed by atoms with van der Waals surface area (Å²) in [5.74, 6) is 0.697. The first-order valence-electron chi connectivity index (χ1n) is 16.6. The van der Waals surface area contributed by atoms with Crippen molar-refractivity contribution >= 4 is 17.1 Å². The van der Waals surface area contributed by atoms with Crippen molar-refractivity contribution < 1.29 is 0 Å². The van der Waals surface area contributed by atoms with Gasteiger partial charge in [-0.1, -0.05) is 133 Å². The molecule has 0 radical (unpaired) electrons. The van der Waals surface area contributed by atoms with Crippen LogP contribution in [0.2, 0.25) is 0 Å². The standard InChI is InChI=1S/C46H31N3/c1-4-13-32(14-5-1)42-26-25-37-30-43(42)36-19-12-24-41(29-36)49(39-21-8-3-9-22-39)40-23-11-18-35(28-40)34-17-10-20-38(27-34)46-47-44(31-45(37)48-46)33-15-6-2-7-16-33/h1-31H. The molecule has 0 unspecified atom stereocenters. The normalized spacial score (nSPS) is 11.6. The van der Waals surface area contributed by atoms with Gasteiger partial charge in [0.25, 0.3) is 0 Å². The molecule has 2 heterocycles. The third-order valence-electron chi connectivity index (χ3n) is 9.18. The largest absolute Gasteiger partial charge is 0.310 e. The molecule has 49 heavy (non-hydrogen) atoms. The van der Waals surface area contributed by atoms with E-state index in [-0.39, 0.29) is 0 Å². The summed E-state index contributed by atoms with van der Waals surface area (Å²) in [6, 6.07) is 66.6. The van der Waals surface area contributed by atoms with Gasteiger partial charge in [0.2, 0.25) is 0 Å². The van der Waals surface area contributed by atoms with Crippen LogP contribution in [0, 0.1) is 0 Å². The van der Waals surface area contributed by atoms with Gasteiger partial charge in [-0.05, 0) is 88.0 Å². The Bertz CT molecular complexity index is 2440. The molecular weight excluding hydrogens is 595 g/mol. The van der Waals surface area contributed by atoms with Gasteiger partial charge in [0, 0.05) is 33.8 Å². The molecule has 230 valence electrons. The van der Waals surface area contributed by atoms with E-state index in [0.717, 1.165) is 67.4 Å². The fourth-order valence-electron chi connectivity index (χ4n) is 6.79. The van der Waals surface area contributed by atoms with Crippen LogP contribution in [0.15, 0.2) is 188 Å². The van der Waals surface area contributed by atoms with Gasteiger partial charge in [0.15, 0.2) is 5.82 Å². The van der Waals surface area contributed by atoms with Gasteiger partial charge in [-0.25, -0.2) is 9.97 Å².